The van der Waals surface area contributed by atoms with Crippen molar-refractivity contribution in [1.82, 2.24) is 0 Å². The van der Waals surface area contributed by atoms with E-state index in [4.69, 9.17) is 11.6 Å². The molecule has 0 saturated carbocycles. The van der Waals surface area contributed by atoms with Crippen LogP contribution in [0.5, 0.6) is 0 Å². The van der Waals surface area contributed by atoms with E-state index >= 15 is 0 Å². The van der Waals surface area contributed by atoms with Gasteiger partial charge in [0.15, 0.2) is 0 Å². The molecule has 0 atom stereocenters. The lowest BCUT2D eigenvalue weighted by atomic mass is 9.82. The third kappa shape index (κ3) is 1.99. The summed E-state index contributed by atoms with van der Waals surface area (Å²) in [6, 6.07) is 27.6. The lowest BCUT2D eigenvalue weighted by molar-refractivity contribution is 0.871. The predicted octanol–water partition coefficient (Wildman–Crippen LogP) is 5.32. The van der Waals surface area contributed by atoms with E-state index in [1.165, 1.54) is 22.3 Å². The van der Waals surface area contributed by atoms with Gasteiger partial charge in [-0.15, -0.1) is 11.6 Å². The highest BCUT2D eigenvalue weighted by molar-refractivity contribution is 6.28. The normalized spacial score (nSPS) is 15.5. The molecule has 1 heteroatoms. The summed E-state index contributed by atoms with van der Waals surface area (Å²) in [6.07, 6.45) is 2.07. The van der Waals surface area contributed by atoms with Gasteiger partial charge in [-0.05, 0) is 40.7 Å². The van der Waals surface area contributed by atoms with Crippen LogP contribution in [-0.2, 0) is 17.7 Å². The van der Waals surface area contributed by atoms with E-state index in [9.17, 15) is 0 Å². The molecule has 0 N–H and O–H groups in total. The van der Waals surface area contributed by atoms with E-state index < -0.39 is 4.87 Å². The third-order valence-electron chi connectivity index (χ3n) is 4.61. The fourth-order valence-corrected chi connectivity index (χ4v) is 4.04. The SMILES string of the molecule is ClC1(c2ccccc2)c2ccccc2CCc2ccccc21. The van der Waals surface area contributed by atoms with E-state index in [2.05, 4.69) is 72.8 Å². The molecular weight excluding hydrogens is 288 g/mol. The zero-order valence-corrected chi connectivity index (χ0v) is 13.1. The van der Waals surface area contributed by atoms with Gasteiger partial charge in [-0.2, -0.15) is 0 Å². The van der Waals surface area contributed by atoms with Gasteiger partial charge in [0.1, 0.15) is 4.87 Å². The van der Waals surface area contributed by atoms with Crippen molar-refractivity contribution in [1.29, 1.82) is 0 Å². The number of aryl methyl sites for hydroxylation is 2. The third-order valence-corrected chi connectivity index (χ3v) is 5.24. The molecule has 3 aromatic rings. The van der Waals surface area contributed by atoms with Crippen LogP contribution >= 0.6 is 11.6 Å². The monoisotopic (exact) mass is 304 g/mol. The van der Waals surface area contributed by atoms with Gasteiger partial charge in [0.05, 0.1) is 0 Å². The van der Waals surface area contributed by atoms with Crippen molar-refractivity contribution in [2.75, 3.05) is 0 Å². The Morgan fingerprint density at radius 2 is 1.05 bits per heavy atom. The molecule has 0 nitrogen and oxygen atoms in total. The van der Waals surface area contributed by atoms with Crippen LogP contribution in [0, 0.1) is 0 Å². The first-order valence-corrected chi connectivity index (χ1v) is 8.09. The number of fused-ring (bicyclic) bond motifs is 2. The molecule has 0 heterocycles. The van der Waals surface area contributed by atoms with Crippen LogP contribution in [0.15, 0.2) is 78.9 Å². The summed E-state index contributed by atoms with van der Waals surface area (Å²) in [5.41, 5.74) is 6.26. The first-order chi connectivity index (χ1) is 10.8. The van der Waals surface area contributed by atoms with Crippen molar-refractivity contribution in [2.45, 2.75) is 17.7 Å². The van der Waals surface area contributed by atoms with Gasteiger partial charge in [0.25, 0.3) is 0 Å². The molecular formula is C21H17Cl. The van der Waals surface area contributed by atoms with Gasteiger partial charge < -0.3 is 0 Å². The maximum absolute atomic E-state index is 7.37. The van der Waals surface area contributed by atoms with Crippen LogP contribution in [0.4, 0.5) is 0 Å². The van der Waals surface area contributed by atoms with Crippen molar-refractivity contribution in [3.63, 3.8) is 0 Å². The lowest BCUT2D eigenvalue weighted by Crippen LogP contribution is -2.23. The Balaban J connectivity index is 2.08. The number of hydrogen-bond donors (Lipinski definition) is 0. The van der Waals surface area contributed by atoms with Crippen LogP contribution in [0.2, 0.25) is 0 Å². The van der Waals surface area contributed by atoms with Crippen LogP contribution in [0.3, 0.4) is 0 Å². The lowest BCUT2D eigenvalue weighted by Gasteiger charge is -2.30. The molecule has 0 radical (unpaired) electrons. The van der Waals surface area contributed by atoms with Crippen molar-refractivity contribution >= 4 is 11.6 Å². The summed E-state index contributed by atoms with van der Waals surface area (Å²) in [4.78, 5) is -0.606. The summed E-state index contributed by atoms with van der Waals surface area (Å²) in [5.74, 6) is 0. The molecule has 0 aromatic heterocycles. The summed E-state index contributed by atoms with van der Waals surface area (Å²) >= 11 is 7.37. The van der Waals surface area contributed by atoms with Crippen LogP contribution in [0.1, 0.15) is 27.8 Å². The number of halogens is 1. The molecule has 0 spiro atoms. The standard InChI is InChI=1S/C21H17Cl/c22-21(18-10-2-1-3-11-18)19-12-6-4-8-16(19)14-15-17-9-5-7-13-20(17)21/h1-13H,14-15H2. The van der Waals surface area contributed by atoms with Crippen LogP contribution < -0.4 is 0 Å². The average molecular weight is 305 g/mol. The van der Waals surface area contributed by atoms with Crippen molar-refractivity contribution < 1.29 is 0 Å². The van der Waals surface area contributed by atoms with E-state index in [1.807, 2.05) is 6.07 Å². The van der Waals surface area contributed by atoms with E-state index in [1.54, 1.807) is 0 Å². The second-order valence-corrected chi connectivity index (χ2v) is 6.41. The highest BCUT2D eigenvalue weighted by Gasteiger charge is 2.38. The van der Waals surface area contributed by atoms with Gasteiger partial charge in [0.2, 0.25) is 0 Å². The van der Waals surface area contributed by atoms with Crippen LogP contribution in [0.25, 0.3) is 0 Å². The van der Waals surface area contributed by atoms with Crippen molar-refractivity contribution in [3.8, 4) is 0 Å². The Morgan fingerprint density at radius 3 is 1.59 bits per heavy atom. The fraction of sp³-hybridized carbons (Fsp3) is 0.143. The van der Waals surface area contributed by atoms with Crippen molar-refractivity contribution in [2.24, 2.45) is 0 Å². The average Bonchev–Trinajstić information content (AvgIpc) is 2.73. The maximum atomic E-state index is 7.37. The van der Waals surface area contributed by atoms with Gasteiger partial charge >= 0.3 is 0 Å². The molecule has 1 aliphatic rings. The minimum atomic E-state index is -0.606. The molecule has 0 aliphatic heterocycles. The molecule has 22 heavy (non-hydrogen) atoms. The Morgan fingerprint density at radius 1 is 0.591 bits per heavy atom. The van der Waals surface area contributed by atoms with E-state index in [-0.39, 0.29) is 0 Å². The first kappa shape index (κ1) is 13.6. The maximum Gasteiger partial charge on any atom is 0.120 e. The van der Waals surface area contributed by atoms with Crippen molar-refractivity contribution in [3.05, 3.63) is 107 Å². The number of alkyl halides is 1. The van der Waals surface area contributed by atoms with Gasteiger partial charge in [-0.1, -0.05) is 78.9 Å². The second-order valence-electron chi connectivity index (χ2n) is 5.84. The topological polar surface area (TPSA) is 0 Å². The zero-order chi connectivity index (χ0) is 15.0. The number of hydrogen-bond acceptors (Lipinski definition) is 0. The molecule has 0 unspecified atom stereocenters. The van der Waals surface area contributed by atoms with Crippen LogP contribution in [-0.4, -0.2) is 0 Å². The predicted molar refractivity (Wildman–Crippen MR) is 92.5 cm³/mol. The Labute approximate surface area is 136 Å². The summed E-state index contributed by atoms with van der Waals surface area (Å²) < 4.78 is 0. The minimum absolute atomic E-state index is 0.606. The molecule has 108 valence electrons. The zero-order valence-electron chi connectivity index (χ0n) is 12.3. The molecule has 0 saturated heterocycles. The van der Waals surface area contributed by atoms with E-state index in [0.29, 0.717) is 0 Å². The first-order valence-electron chi connectivity index (χ1n) is 7.71. The van der Waals surface area contributed by atoms with Gasteiger partial charge in [-0.25, -0.2) is 0 Å². The molecule has 0 bridgehead atoms. The summed E-state index contributed by atoms with van der Waals surface area (Å²) in [7, 11) is 0. The molecule has 0 amide bonds. The number of benzene rings is 3. The Hall–Kier alpha value is -2.05. The summed E-state index contributed by atoms with van der Waals surface area (Å²) in [6.45, 7) is 0. The highest BCUT2D eigenvalue weighted by atomic mass is 35.5. The molecule has 4 rings (SSSR count). The van der Waals surface area contributed by atoms with E-state index in [0.717, 1.165) is 18.4 Å². The smallest absolute Gasteiger partial charge is 0.104 e. The molecule has 0 fully saturated rings. The Kier molecular flexibility index (Phi) is 3.28. The second kappa shape index (κ2) is 5.30. The molecule has 1 aliphatic carbocycles. The van der Waals surface area contributed by atoms with Gasteiger partial charge in [0, 0.05) is 0 Å². The molecule has 3 aromatic carbocycles. The Bertz CT molecular complexity index is 757. The number of rotatable bonds is 1. The fourth-order valence-electron chi connectivity index (χ4n) is 3.54. The largest absolute Gasteiger partial charge is 0.120 e. The quantitative estimate of drug-likeness (QED) is 0.534. The van der Waals surface area contributed by atoms with Gasteiger partial charge in [-0.3, -0.25) is 0 Å². The minimum Gasteiger partial charge on any atom is -0.104 e. The highest BCUT2D eigenvalue weighted by Crippen LogP contribution is 2.47. The summed E-state index contributed by atoms with van der Waals surface area (Å²) in [5, 5.41) is 0.